The Balaban J connectivity index is 1.79. The first kappa shape index (κ1) is 21.5. The molecule has 4 heterocycles. The molecule has 1 atom stereocenters. The lowest BCUT2D eigenvalue weighted by atomic mass is 10.2. The van der Waals surface area contributed by atoms with Gasteiger partial charge in [0.25, 0.3) is 0 Å². The molecular weight excluding hydrogens is 392 g/mol. The van der Waals surface area contributed by atoms with E-state index in [1.807, 2.05) is 31.6 Å². The molecule has 1 fully saturated rings. The van der Waals surface area contributed by atoms with Gasteiger partial charge in [-0.2, -0.15) is 10.1 Å². The summed E-state index contributed by atoms with van der Waals surface area (Å²) in [7, 11) is 0. The van der Waals surface area contributed by atoms with Crippen LogP contribution in [0.1, 0.15) is 30.8 Å². The Morgan fingerprint density at radius 3 is 2.81 bits per heavy atom. The second kappa shape index (κ2) is 9.15. The van der Waals surface area contributed by atoms with Crippen molar-refractivity contribution in [1.82, 2.24) is 30.0 Å². The highest BCUT2D eigenvalue weighted by atomic mass is 16.5. The van der Waals surface area contributed by atoms with Gasteiger partial charge >= 0.3 is 0 Å². The molecule has 9 nitrogen and oxygen atoms in total. The van der Waals surface area contributed by atoms with E-state index in [1.54, 1.807) is 0 Å². The van der Waals surface area contributed by atoms with Gasteiger partial charge in [-0.1, -0.05) is 0 Å². The summed E-state index contributed by atoms with van der Waals surface area (Å²) < 4.78 is 7.51. The molecule has 3 aromatic rings. The van der Waals surface area contributed by atoms with Gasteiger partial charge in [-0.15, -0.1) is 0 Å². The predicted molar refractivity (Wildman–Crippen MR) is 123 cm³/mol. The van der Waals surface area contributed by atoms with Crippen LogP contribution in [0.5, 0.6) is 0 Å². The van der Waals surface area contributed by atoms with E-state index >= 15 is 0 Å². The highest BCUT2D eigenvalue weighted by molar-refractivity contribution is 5.90. The summed E-state index contributed by atoms with van der Waals surface area (Å²) >= 11 is 0. The van der Waals surface area contributed by atoms with Crippen LogP contribution in [0.15, 0.2) is 12.3 Å². The van der Waals surface area contributed by atoms with Crippen LogP contribution < -0.4 is 15.5 Å². The number of aryl methyl sites for hydroxylation is 3. The molecule has 4 rings (SSSR count). The molecule has 166 valence electrons. The number of hydrogen-bond donors (Lipinski definition) is 2. The van der Waals surface area contributed by atoms with Crippen molar-refractivity contribution in [3.63, 3.8) is 0 Å². The fourth-order valence-corrected chi connectivity index (χ4v) is 3.87. The van der Waals surface area contributed by atoms with Crippen molar-refractivity contribution < 1.29 is 4.74 Å². The predicted octanol–water partition coefficient (Wildman–Crippen LogP) is 2.72. The molecule has 0 aliphatic carbocycles. The zero-order valence-corrected chi connectivity index (χ0v) is 19.1. The molecule has 0 radical (unpaired) electrons. The molecule has 1 saturated heterocycles. The lowest BCUT2D eigenvalue weighted by molar-refractivity contribution is 0.137. The molecule has 0 saturated carbocycles. The Morgan fingerprint density at radius 2 is 2.06 bits per heavy atom. The van der Waals surface area contributed by atoms with Crippen molar-refractivity contribution in [2.24, 2.45) is 0 Å². The number of ether oxygens (including phenoxy) is 1. The average Bonchev–Trinajstić information content (AvgIpc) is 3.07. The smallest absolute Gasteiger partial charge is 0.228 e. The average molecular weight is 425 g/mol. The van der Waals surface area contributed by atoms with E-state index < -0.39 is 0 Å². The first-order valence-electron chi connectivity index (χ1n) is 11.0. The van der Waals surface area contributed by atoms with Crippen LogP contribution in [0.2, 0.25) is 0 Å². The van der Waals surface area contributed by atoms with Crippen molar-refractivity contribution in [3.05, 3.63) is 29.2 Å². The first-order valence-corrected chi connectivity index (χ1v) is 11.0. The van der Waals surface area contributed by atoms with Crippen molar-refractivity contribution in [3.8, 4) is 0 Å². The molecule has 0 unspecified atom stereocenters. The zero-order valence-electron chi connectivity index (χ0n) is 19.1. The highest BCUT2D eigenvalue weighted by Gasteiger charge is 2.23. The van der Waals surface area contributed by atoms with Crippen molar-refractivity contribution in [2.75, 3.05) is 43.1 Å². The van der Waals surface area contributed by atoms with Crippen molar-refractivity contribution in [1.29, 1.82) is 0 Å². The molecule has 9 heteroatoms. The monoisotopic (exact) mass is 424 g/mol. The number of nitrogens with one attached hydrogen (secondary N) is 2. The van der Waals surface area contributed by atoms with Gasteiger partial charge in [-0.05, 0) is 46.2 Å². The molecule has 3 aromatic heterocycles. The minimum absolute atomic E-state index is 0.392. The third kappa shape index (κ3) is 4.62. The summed E-state index contributed by atoms with van der Waals surface area (Å²) in [5, 5.41) is 11.7. The van der Waals surface area contributed by atoms with Crippen LogP contribution >= 0.6 is 0 Å². The molecule has 0 amide bonds. The molecule has 1 aliphatic rings. The maximum absolute atomic E-state index is 5.57. The minimum Gasteiger partial charge on any atom is -0.380 e. The minimum atomic E-state index is 0.392. The van der Waals surface area contributed by atoms with Crippen LogP contribution in [0.4, 0.5) is 17.5 Å². The number of nitrogens with zero attached hydrogens (tertiary/aromatic N) is 6. The summed E-state index contributed by atoms with van der Waals surface area (Å²) in [6.45, 7) is 14.8. The van der Waals surface area contributed by atoms with E-state index in [9.17, 15) is 0 Å². The van der Waals surface area contributed by atoms with Crippen molar-refractivity contribution >= 4 is 28.5 Å². The van der Waals surface area contributed by atoms with Gasteiger partial charge in [0.05, 0.1) is 30.7 Å². The number of piperazine rings is 1. The summed E-state index contributed by atoms with van der Waals surface area (Å²) in [4.78, 5) is 16.6. The lowest BCUT2D eigenvalue weighted by Crippen LogP contribution is -2.49. The van der Waals surface area contributed by atoms with Gasteiger partial charge in [-0.25, -0.2) is 4.98 Å². The standard InChI is InChI=1S/C22H32N8O/c1-6-31-10-9-30-20-19(17(5)28-30)26-22(29-8-7-23-15(3)13-29)27-21(20)25-18-11-14(2)16(4)24-12-18/h11-12,15,23H,6-10,13H2,1-5H3,(H,25,26,27)/t15-/m1/s1. The molecule has 31 heavy (non-hydrogen) atoms. The second-order valence-corrected chi connectivity index (χ2v) is 8.13. The van der Waals surface area contributed by atoms with Gasteiger partial charge in [-0.3, -0.25) is 9.67 Å². The Bertz CT molecular complexity index is 1060. The molecule has 0 aromatic carbocycles. The number of pyridine rings is 1. The summed E-state index contributed by atoms with van der Waals surface area (Å²) in [5.74, 6) is 1.47. The third-order valence-corrected chi connectivity index (χ3v) is 5.65. The maximum Gasteiger partial charge on any atom is 0.228 e. The fraction of sp³-hybridized carbons (Fsp3) is 0.545. The Labute approximate surface area is 183 Å². The Morgan fingerprint density at radius 1 is 1.23 bits per heavy atom. The van der Waals surface area contributed by atoms with Gasteiger partial charge in [0.15, 0.2) is 5.82 Å². The van der Waals surface area contributed by atoms with Gasteiger partial charge in [0.1, 0.15) is 11.0 Å². The quantitative estimate of drug-likeness (QED) is 0.559. The third-order valence-electron chi connectivity index (χ3n) is 5.65. The molecule has 1 aliphatic heterocycles. The first-order chi connectivity index (χ1) is 15.0. The van der Waals surface area contributed by atoms with Crippen LogP contribution in [-0.2, 0) is 11.3 Å². The largest absolute Gasteiger partial charge is 0.380 e. The zero-order chi connectivity index (χ0) is 22.0. The summed E-state index contributed by atoms with van der Waals surface area (Å²) in [5.41, 5.74) is 5.70. The van der Waals surface area contributed by atoms with E-state index in [-0.39, 0.29) is 0 Å². The van der Waals surface area contributed by atoms with E-state index in [1.165, 1.54) is 0 Å². The van der Waals surface area contributed by atoms with E-state index in [4.69, 9.17) is 19.8 Å². The highest BCUT2D eigenvalue weighted by Crippen LogP contribution is 2.29. The normalized spacial score (nSPS) is 16.8. The Kier molecular flexibility index (Phi) is 6.33. The number of hydrogen-bond acceptors (Lipinski definition) is 8. The molecule has 0 bridgehead atoms. The number of aromatic nitrogens is 5. The topological polar surface area (TPSA) is 93.0 Å². The second-order valence-electron chi connectivity index (χ2n) is 8.13. The van der Waals surface area contributed by atoms with E-state index in [0.29, 0.717) is 25.8 Å². The number of rotatable bonds is 7. The van der Waals surface area contributed by atoms with Crippen LogP contribution in [0, 0.1) is 20.8 Å². The molecular formula is C22H32N8O. The van der Waals surface area contributed by atoms with Gasteiger partial charge in [0, 0.05) is 38.0 Å². The lowest BCUT2D eigenvalue weighted by Gasteiger charge is -2.32. The summed E-state index contributed by atoms with van der Waals surface area (Å²) in [6, 6.07) is 2.49. The number of fused-ring (bicyclic) bond motifs is 1. The summed E-state index contributed by atoms with van der Waals surface area (Å²) in [6.07, 6.45) is 1.84. The van der Waals surface area contributed by atoms with E-state index in [0.717, 1.165) is 65.1 Å². The van der Waals surface area contributed by atoms with Gasteiger partial charge < -0.3 is 20.3 Å². The van der Waals surface area contributed by atoms with Crippen LogP contribution in [0.3, 0.4) is 0 Å². The SMILES string of the molecule is CCOCCn1nc(C)c2nc(N3CCN[C@H](C)C3)nc(Nc3cnc(C)c(C)c3)c21. The molecule has 0 spiro atoms. The number of anilines is 3. The molecule has 2 N–H and O–H groups in total. The fourth-order valence-electron chi connectivity index (χ4n) is 3.87. The van der Waals surface area contributed by atoms with Crippen molar-refractivity contribution in [2.45, 2.75) is 47.2 Å². The van der Waals surface area contributed by atoms with Gasteiger partial charge in [0.2, 0.25) is 5.95 Å². The van der Waals surface area contributed by atoms with Crippen LogP contribution in [-0.4, -0.2) is 63.6 Å². The Hall–Kier alpha value is -2.78. The van der Waals surface area contributed by atoms with Crippen LogP contribution in [0.25, 0.3) is 11.0 Å². The maximum atomic E-state index is 5.57. The van der Waals surface area contributed by atoms with E-state index in [2.05, 4.69) is 40.4 Å².